The number of rotatable bonds is 3. The fraction of sp³-hybridized carbons (Fsp3) is 0.889. The molecule has 1 aliphatic rings. The van der Waals surface area contributed by atoms with E-state index in [0.717, 1.165) is 25.8 Å². The van der Waals surface area contributed by atoms with Gasteiger partial charge in [0.05, 0.1) is 5.84 Å². The third-order valence-electron chi connectivity index (χ3n) is 2.52. The van der Waals surface area contributed by atoms with E-state index in [1.54, 1.807) is 0 Å². The Bertz CT molecular complexity index is 182. The quantitative estimate of drug-likeness (QED) is 0.561. The first-order valence-electron chi connectivity index (χ1n) is 4.89. The van der Waals surface area contributed by atoms with Crippen molar-refractivity contribution in [1.82, 2.24) is 4.90 Å². The van der Waals surface area contributed by atoms with Crippen molar-refractivity contribution in [2.45, 2.75) is 44.9 Å². The Labute approximate surface area is 79.2 Å². The number of amidine groups is 1. The Morgan fingerprint density at radius 1 is 1.62 bits per heavy atom. The smallest absolute Gasteiger partial charge is 0.104 e. The summed E-state index contributed by atoms with van der Waals surface area (Å²) in [6.07, 6.45) is 2.92. The van der Waals surface area contributed by atoms with Crippen LogP contribution >= 0.6 is 0 Å². The number of nitrogens with zero attached hydrogens (tertiary/aromatic N) is 1. The molecule has 0 spiro atoms. The van der Waals surface area contributed by atoms with Crippen molar-refractivity contribution in [3.8, 4) is 0 Å². The van der Waals surface area contributed by atoms with E-state index in [0.29, 0.717) is 12.3 Å². The van der Waals surface area contributed by atoms with E-state index in [2.05, 4.69) is 0 Å². The molecular formula is C9H19N3O. The fourth-order valence-electron chi connectivity index (χ4n) is 1.82. The minimum Gasteiger partial charge on any atom is -0.379 e. The second-order valence-electron chi connectivity index (χ2n) is 3.75. The standard InChI is InChI=1S/C9H19N3O/c1-7(6-9(11)13)12-5-3-2-4-8(12)10/h7,9-10,13H,2-6,11H2,1H3. The van der Waals surface area contributed by atoms with Gasteiger partial charge in [0.25, 0.3) is 0 Å². The van der Waals surface area contributed by atoms with E-state index in [1.807, 2.05) is 11.8 Å². The zero-order valence-electron chi connectivity index (χ0n) is 8.16. The van der Waals surface area contributed by atoms with E-state index < -0.39 is 6.23 Å². The summed E-state index contributed by atoms with van der Waals surface area (Å²) in [4.78, 5) is 2.04. The van der Waals surface area contributed by atoms with Crippen molar-refractivity contribution >= 4 is 5.84 Å². The third kappa shape index (κ3) is 2.97. The van der Waals surface area contributed by atoms with Crippen LogP contribution in [0.4, 0.5) is 0 Å². The van der Waals surface area contributed by atoms with Gasteiger partial charge in [-0.25, -0.2) is 0 Å². The highest BCUT2D eigenvalue weighted by atomic mass is 16.3. The van der Waals surface area contributed by atoms with Crippen LogP contribution in [-0.2, 0) is 0 Å². The number of hydrogen-bond acceptors (Lipinski definition) is 3. The average Bonchev–Trinajstić information content (AvgIpc) is 2.03. The van der Waals surface area contributed by atoms with Crippen LogP contribution in [0, 0.1) is 5.41 Å². The minimum atomic E-state index is -0.760. The van der Waals surface area contributed by atoms with Gasteiger partial charge in [0.1, 0.15) is 6.23 Å². The molecule has 1 rings (SSSR count). The highest BCUT2D eigenvalue weighted by Gasteiger charge is 2.21. The highest BCUT2D eigenvalue weighted by Crippen LogP contribution is 2.15. The number of hydrogen-bond donors (Lipinski definition) is 3. The monoisotopic (exact) mass is 185 g/mol. The van der Waals surface area contributed by atoms with E-state index in [9.17, 15) is 0 Å². The van der Waals surface area contributed by atoms with Crippen LogP contribution in [0.1, 0.15) is 32.6 Å². The van der Waals surface area contributed by atoms with Crippen molar-refractivity contribution in [2.24, 2.45) is 5.73 Å². The maximum atomic E-state index is 9.02. The molecule has 0 aromatic carbocycles. The van der Waals surface area contributed by atoms with Gasteiger partial charge in [-0.05, 0) is 19.8 Å². The second kappa shape index (κ2) is 4.58. The first kappa shape index (κ1) is 10.5. The molecule has 2 unspecified atom stereocenters. The molecule has 13 heavy (non-hydrogen) atoms. The Morgan fingerprint density at radius 3 is 2.85 bits per heavy atom. The fourth-order valence-corrected chi connectivity index (χ4v) is 1.82. The summed E-state index contributed by atoms with van der Waals surface area (Å²) in [7, 11) is 0. The first-order valence-corrected chi connectivity index (χ1v) is 4.89. The van der Waals surface area contributed by atoms with Crippen molar-refractivity contribution in [3.63, 3.8) is 0 Å². The molecule has 4 heteroatoms. The molecule has 0 saturated carbocycles. The van der Waals surface area contributed by atoms with Crippen LogP contribution in [0.15, 0.2) is 0 Å². The Morgan fingerprint density at radius 2 is 2.31 bits per heavy atom. The summed E-state index contributed by atoms with van der Waals surface area (Å²) >= 11 is 0. The van der Waals surface area contributed by atoms with Gasteiger partial charge in [0.15, 0.2) is 0 Å². The molecule has 0 aromatic heterocycles. The van der Waals surface area contributed by atoms with Crippen LogP contribution in [0.25, 0.3) is 0 Å². The van der Waals surface area contributed by atoms with Crippen molar-refractivity contribution in [1.29, 1.82) is 5.41 Å². The van der Waals surface area contributed by atoms with Gasteiger partial charge in [0, 0.05) is 25.4 Å². The predicted octanol–water partition coefficient (Wildman–Crippen LogP) is 0.505. The second-order valence-corrected chi connectivity index (χ2v) is 3.75. The number of piperidine rings is 1. The average molecular weight is 185 g/mol. The molecule has 4 nitrogen and oxygen atoms in total. The van der Waals surface area contributed by atoms with E-state index >= 15 is 0 Å². The summed E-state index contributed by atoms with van der Waals surface area (Å²) in [6.45, 7) is 2.95. The van der Waals surface area contributed by atoms with Crippen LogP contribution < -0.4 is 5.73 Å². The highest BCUT2D eigenvalue weighted by molar-refractivity contribution is 5.80. The summed E-state index contributed by atoms with van der Waals surface area (Å²) in [5, 5.41) is 16.7. The normalized spacial score (nSPS) is 23.0. The van der Waals surface area contributed by atoms with Crippen LogP contribution in [0.2, 0.25) is 0 Å². The molecule has 0 aromatic rings. The first-order chi connectivity index (χ1) is 6.11. The molecular weight excluding hydrogens is 166 g/mol. The number of aliphatic hydroxyl groups is 1. The lowest BCUT2D eigenvalue weighted by molar-refractivity contribution is 0.135. The topological polar surface area (TPSA) is 73.3 Å². The third-order valence-corrected chi connectivity index (χ3v) is 2.52. The molecule has 0 radical (unpaired) electrons. The Balaban J connectivity index is 2.43. The van der Waals surface area contributed by atoms with Gasteiger partial charge < -0.3 is 15.7 Å². The molecule has 1 heterocycles. The molecule has 0 bridgehead atoms. The number of nitrogens with one attached hydrogen (secondary N) is 1. The van der Waals surface area contributed by atoms with Gasteiger partial charge in [0.2, 0.25) is 0 Å². The summed E-state index contributed by atoms with van der Waals surface area (Å²) in [5.74, 6) is 0.694. The van der Waals surface area contributed by atoms with Crippen LogP contribution in [-0.4, -0.2) is 34.7 Å². The van der Waals surface area contributed by atoms with Gasteiger partial charge in [-0.15, -0.1) is 0 Å². The maximum Gasteiger partial charge on any atom is 0.104 e. The Hall–Kier alpha value is -0.610. The van der Waals surface area contributed by atoms with Gasteiger partial charge in [-0.1, -0.05) is 0 Å². The molecule has 76 valence electrons. The molecule has 1 aliphatic heterocycles. The van der Waals surface area contributed by atoms with Gasteiger partial charge in [-0.2, -0.15) is 0 Å². The molecule has 4 N–H and O–H groups in total. The lowest BCUT2D eigenvalue weighted by atomic mass is 10.1. The molecule has 0 amide bonds. The van der Waals surface area contributed by atoms with E-state index in [1.165, 1.54) is 0 Å². The lowest BCUT2D eigenvalue weighted by Gasteiger charge is -2.35. The van der Waals surface area contributed by atoms with Crippen molar-refractivity contribution in [3.05, 3.63) is 0 Å². The number of nitrogens with two attached hydrogens (primary N) is 1. The summed E-state index contributed by atoms with van der Waals surface area (Å²) < 4.78 is 0. The molecule has 0 aliphatic carbocycles. The predicted molar refractivity (Wildman–Crippen MR) is 52.6 cm³/mol. The minimum absolute atomic E-state index is 0.188. The van der Waals surface area contributed by atoms with Gasteiger partial charge >= 0.3 is 0 Å². The maximum absolute atomic E-state index is 9.02. The van der Waals surface area contributed by atoms with Crippen molar-refractivity contribution in [2.75, 3.05) is 6.54 Å². The number of aliphatic hydroxyl groups excluding tert-OH is 1. The lowest BCUT2D eigenvalue weighted by Crippen LogP contribution is -2.43. The molecule has 1 fully saturated rings. The Kier molecular flexibility index (Phi) is 3.69. The molecule has 1 saturated heterocycles. The number of likely N-dealkylation sites (tertiary alicyclic amines) is 1. The molecule has 2 atom stereocenters. The van der Waals surface area contributed by atoms with E-state index in [4.69, 9.17) is 16.2 Å². The van der Waals surface area contributed by atoms with E-state index in [-0.39, 0.29) is 6.04 Å². The zero-order chi connectivity index (χ0) is 9.84. The van der Waals surface area contributed by atoms with Crippen LogP contribution in [0.5, 0.6) is 0 Å². The van der Waals surface area contributed by atoms with Crippen molar-refractivity contribution < 1.29 is 5.11 Å². The largest absolute Gasteiger partial charge is 0.379 e. The van der Waals surface area contributed by atoms with Gasteiger partial charge in [-0.3, -0.25) is 5.41 Å². The summed E-state index contributed by atoms with van der Waals surface area (Å²) in [6, 6.07) is 0.188. The zero-order valence-corrected chi connectivity index (χ0v) is 8.16. The summed E-state index contributed by atoms with van der Waals surface area (Å²) in [5.41, 5.74) is 5.30. The van der Waals surface area contributed by atoms with Crippen LogP contribution in [0.3, 0.4) is 0 Å². The SMILES string of the molecule is CC(CC(N)O)N1CCCCC1=N.